The van der Waals surface area contributed by atoms with Gasteiger partial charge in [0.05, 0.1) is 31.6 Å². The fourth-order valence-corrected chi connectivity index (χ4v) is 11.2. The van der Waals surface area contributed by atoms with E-state index >= 15 is 0 Å². The minimum Gasteiger partial charge on any atom is -0.415 e. The molecule has 0 spiro atoms. The number of esters is 1. The standard InChI is InChI=1S/C36H62N2O3/c1-26(12-17-32(39)37-21-24-38(22-9-10-23-38)25-41-33(40)34(2,3)4)29-15-16-30-28-14-13-27-11-7-8-19-35(27,5)31(28)18-20-36(29,30)6/h26-31H,7-25H2,1-6H3/p+1/t26-,27?,28?,29-,30?,31?,35+,36-/m1/s1. The third-order valence-electron chi connectivity index (χ3n) is 13.7. The summed E-state index contributed by atoms with van der Waals surface area (Å²) in [6.45, 7) is 17.5. The molecule has 5 nitrogen and oxygen atoms in total. The van der Waals surface area contributed by atoms with Gasteiger partial charge in [-0.15, -0.1) is 0 Å². The Balaban J connectivity index is 1.09. The normalized spacial score (nSPS) is 38.8. The monoisotopic (exact) mass is 571 g/mol. The minimum atomic E-state index is -0.475. The predicted molar refractivity (Wildman–Crippen MR) is 166 cm³/mol. The first kappa shape index (κ1) is 31.3. The molecule has 4 unspecified atom stereocenters. The van der Waals surface area contributed by atoms with Crippen LogP contribution in [0.3, 0.4) is 0 Å². The first-order valence-electron chi connectivity index (χ1n) is 17.7. The Kier molecular flexibility index (Phi) is 9.26. The Bertz CT molecular complexity index is 936. The van der Waals surface area contributed by atoms with E-state index in [1.807, 2.05) is 20.8 Å². The van der Waals surface area contributed by atoms with Gasteiger partial charge in [0.2, 0.25) is 12.6 Å². The molecule has 1 amide bonds. The molecule has 234 valence electrons. The van der Waals surface area contributed by atoms with E-state index in [0.717, 1.165) is 60.1 Å². The molecule has 5 rings (SSSR count). The molecular formula is C36H63N2O3+. The summed E-state index contributed by atoms with van der Waals surface area (Å²) < 4.78 is 6.52. The predicted octanol–water partition coefficient (Wildman–Crippen LogP) is 7.73. The van der Waals surface area contributed by atoms with Gasteiger partial charge in [0.15, 0.2) is 0 Å². The zero-order valence-electron chi connectivity index (χ0n) is 27.6. The number of ether oxygens (including phenoxy) is 1. The van der Waals surface area contributed by atoms with E-state index in [2.05, 4.69) is 26.1 Å². The SMILES string of the molecule is C[C@H](CCC(=O)NCC[N+]1(COC(=O)C(C)(C)C)CCCC1)[C@H]1CCC2C3CCC4CCCC[C@]4(C)C3CC[C@@]21C. The maximum absolute atomic E-state index is 13.0. The molecule has 0 aromatic rings. The number of hydrogen-bond acceptors (Lipinski definition) is 3. The van der Waals surface area contributed by atoms with Crippen LogP contribution in [0.25, 0.3) is 0 Å². The van der Waals surface area contributed by atoms with Gasteiger partial charge in [-0.3, -0.25) is 14.1 Å². The van der Waals surface area contributed by atoms with E-state index in [-0.39, 0.29) is 11.9 Å². The van der Waals surface area contributed by atoms with Crippen molar-refractivity contribution in [3.8, 4) is 0 Å². The lowest BCUT2D eigenvalue weighted by Gasteiger charge is -2.61. The Labute approximate surface area is 251 Å². The van der Waals surface area contributed by atoms with Crippen molar-refractivity contribution < 1.29 is 18.8 Å². The van der Waals surface area contributed by atoms with Gasteiger partial charge in [-0.2, -0.15) is 0 Å². The average molecular weight is 572 g/mol. The molecule has 41 heavy (non-hydrogen) atoms. The van der Waals surface area contributed by atoms with Crippen molar-refractivity contribution in [3.63, 3.8) is 0 Å². The summed E-state index contributed by atoms with van der Waals surface area (Å²) in [5, 5.41) is 3.24. The van der Waals surface area contributed by atoms with Gasteiger partial charge in [0.25, 0.3) is 0 Å². The first-order chi connectivity index (χ1) is 19.4. The third-order valence-corrected chi connectivity index (χ3v) is 13.7. The molecule has 5 heteroatoms. The Hall–Kier alpha value is -1.10. The van der Waals surface area contributed by atoms with Crippen LogP contribution in [0.2, 0.25) is 0 Å². The summed E-state index contributed by atoms with van der Waals surface area (Å²) in [7, 11) is 0. The zero-order valence-corrected chi connectivity index (χ0v) is 27.6. The topological polar surface area (TPSA) is 55.4 Å². The lowest BCUT2D eigenvalue weighted by molar-refractivity contribution is -0.931. The van der Waals surface area contributed by atoms with Gasteiger partial charge in [-0.1, -0.05) is 33.6 Å². The van der Waals surface area contributed by atoms with E-state index in [0.29, 0.717) is 36.4 Å². The molecule has 8 atom stereocenters. The number of carbonyl (C=O) groups is 2. The lowest BCUT2D eigenvalue weighted by Crippen LogP contribution is -2.53. The maximum atomic E-state index is 13.0. The molecule has 0 aromatic carbocycles. The molecular weight excluding hydrogens is 508 g/mol. The third kappa shape index (κ3) is 6.27. The van der Waals surface area contributed by atoms with E-state index in [1.54, 1.807) is 0 Å². The highest BCUT2D eigenvalue weighted by Gasteiger charge is 2.60. The second-order valence-corrected chi connectivity index (χ2v) is 17.0. The maximum Gasteiger partial charge on any atom is 0.315 e. The van der Waals surface area contributed by atoms with Crippen LogP contribution in [0.5, 0.6) is 0 Å². The number of fused-ring (bicyclic) bond motifs is 5. The van der Waals surface area contributed by atoms with Crippen LogP contribution < -0.4 is 5.32 Å². The highest BCUT2D eigenvalue weighted by Crippen LogP contribution is 2.68. The second kappa shape index (κ2) is 12.1. The number of nitrogens with one attached hydrogen (secondary N) is 1. The van der Waals surface area contributed by atoms with E-state index < -0.39 is 5.41 Å². The molecule has 0 bridgehead atoms. The van der Waals surface area contributed by atoms with Crippen LogP contribution in [-0.4, -0.2) is 49.3 Å². The van der Waals surface area contributed by atoms with E-state index in [9.17, 15) is 9.59 Å². The number of rotatable bonds is 9. The van der Waals surface area contributed by atoms with Crippen molar-refractivity contribution in [1.82, 2.24) is 5.32 Å². The number of carbonyl (C=O) groups excluding carboxylic acids is 2. The Morgan fingerprint density at radius 1 is 0.902 bits per heavy atom. The molecule has 4 aliphatic carbocycles. The van der Waals surface area contributed by atoms with Crippen LogP contribution in [0.15, 0.2) is 0 Å². The van der Waals surface area contributed by atoms with E-state index in [4.69, 9.17) is 4.74 Å². The van der Waals surface area contributed by atoms with Crippen LogP contribution >= 0.6 is 0 Å². The molecule has 5 aliphatic rings. The van der Waals surface area contributed by atoms with Crippen molar-refractivity contribution in [1.29, 1.82) is 0 Å². The van der Waals surface area contributed by atoms with Gasteiger partial charge in [0, 0.05) is 19.3 Å². The quantitative estimate of drug-likeness (QED) is 0.228. The van der Waals surface area contributed by atoms with Crippen molar-refractivity contribution in [2.75, 3.05) is 32.9 Å². The van der Waals surface area contributed by atoms with Gasteiger partial charge in [-0.25, -0.2) is 0 Å². The highest BCUT2D eigenvalue weighted by molar-refractivity contribution is 5.76. The number of quaternary nitrogens is 1. The zero-order chi connectivity index (χ0) is 29.5. The Morgan fingerprint density at radius 2 is 1.63 bits per heavy atom. The van der Waals surface area contributed by atoms with Gasteiger partial charge in [-0.05, 0) is 125 Å². The summed E-state index contributed by atoms with van der Waals surface area (Å²) >= 11 is 0. The number of likely N-dealkylation sites (tertiary alicyclic amines) is 1. The summed E-state index contributed by atoms with van der Waals surface area (Å²) in [6, 6.07) is 0. The van der Waals surface area contributed by atoms with Crippen molar-refractivity contribution >= 4 is 11.9 Å². The number of amides is 1. The summed E-state index contributed by atoms with van der Waals surface area (Å²) in [6.07, 6.45) is 18.6. The first-order valence-corrected chi connectivity index (χ1v) is 17.7. The average Bonchev–Trinajstić information content (AvgIpc) is 3.54. The smallest absolute Gasteiger partial charge is 0.315 e. The molecule has 1 aliphatic heterocycles. The largest absolute Gasteiger partial charge is 0.415 e. The summed E-state index contributed by atoms with van der Waals surface area (Å²) in [4.78, 5) is 25.3. The second-order valence-electron chi connectivity index (χ2n) is 17.0. The fraction of sp³-hybridized carbons (Fsp3) is 0.944. The van der Waals surface area contributed by atoms with Crippen molar-refractivity contribution in [2.24, 2.45) is 51.8 Å². The van der Waals surface area contributed by atoms with Crippen molar-refractivity contribution in [3.05, 3.63) is 0 Å². The van der Waals surface area contributed by atoms with Gasteiger partial charge >= 0.3 is 5.97 Å². The summed E-state index contributed by atoms with van der Waals surface area (Å²) in [5.74, 6) is 5.29. The number of hydrogen-bond donors (Lipinski definition) is 1. The summed E-state index contributed by atoms with van der Waals surface area (Å²) in [5.41, 5.74) is 0.622. The van der Waals surface area contributed by atoms with E-state index in [1.165, 1.54) is 77.0 Å². The molecule has 1 heterocycles. The molecule has 1 N–H and O–H groups in total. The highest BCUT2D eigenvalue weighted by atomic mass is 16.5. The van der Waals surface area contributed by atoms with Crippen LogP contribution in [-0.2, 0) is 14.3 Å². The lowest BCUT2D eigenvalue weighted by atomic mass is 9.44. The van der Waals surface area contributed by atoms with Gasteiger partial charge in [0.1, 0.15) is 0 Å². The fourth-order valence-electron chi connectivity index (χ4n) is 11.2. The molecule has 1 saturated heterocycles. The Morgan fingerprint density at radius 3 is 2.37 bits per heavy atom. The van der Waals surface area contributed by atoms with Crippen LogP contribution in [0, 0.1) is 51.8 Å². The van der Waals surface area contributed by atoms with Crippen molar-refractivity contribution in [2.45, 2.75) is 131 Å². The minimum absolute atomic E-state index is 0.132. The molecule has 5 fully saturated rings. The van der Waals surface area contributed by atoms with Crippen LogP contribution in [0.1, 0.15) is 131 Å². The molecule has 4 saturated carbocycles. The van der Waals surface area contributed by atoms with Gasteiger partial charge < -0.3 is 10.1 Å². The van der Waals surface area contributed by atoms with Crippen LogP contribution in [0.4, 0.5) is 0 Å². The molecule has 0 radical (unpaired) electrons. The molecule has 0 aromatic heterocycles. The number of nitrogens with zero attached hydrogens (tertiary/aromatic N) is 1.